The number of benzene rings is 1. The third-order valence-corrected chi connectivity index (χ3v) is 4.58. The van der Waals surface area contributed by atoms with Crippen LogP contribution in [0.5, 0.6) is 0 Å². The first-order valence-corrected chi connectivity index (χ1v) is 9.68. The quantitative estimate of drug-likeness (QED) is 0.254. The number of nitrogens with zero attached hydrogens (tertiary/aromatic N) is 2. The highest BCUT2D eigenvalue weighted by Gasteiger charge is 2.01. The number of guanidine groups is 1. The summed E-state index contributed by atoms with van der Waals surface area (Å²) in [6, 6.07) is 12.1. The van der Waals surface area contributed by atoms with Crippen LogP contribution in [-0.2, 0) is 13.0 Å². The third-order valence-electron chi connectivity index (χ3n) is 4.58. The lowest BCUT2D eigenvalue weighted by Gasteiger charge is -2.13. The molecule has 6 heteroatoms. The van der Waals surface area contributed by atoms with Crippen molar-refractivity contribution in [3.8, 4) is 0 Å². The molecular formula is C22H33IN4O. The number of pyridine rings is 1. The molecule has 0 saturated heterocycles. The van der Waals surface area contributed by atoms with Crippen LogP contribution in [0.15, 0.2) is 46.2 Å². The monoisotopic (exact) mass is 496 g/mol. The van der Waals surface area contributed by atoms with E-state index in [1.165, 1.54) is 16.7 Å². The van der Waals surface area contributed by atoms with E-state index in [-0.39, 0.29) is 29.5 Å². The van der Waals surface area contributed by atoms with Crippen molar-refractivity contribution < 1.29 is 0 Å². The molecule has 0 aliphatic heterocycles. The summed E-state index contributed by atoms with van der Waals surface area (Å²) in [6.45, 7) is 8.68. The van der Waals surface area contributed by atoms with Crippen molar-refractivity contribution >= 4 is 29.9 Å². The average molecular weight is 496 g/mol. The largest absolute Gasteiger partial charge is 0.356 e. The minimum Gasteiger partial charge on any atom is -0.356 e. The van der Waals surface area contributed by atoms with Crippen molar-refractivity contribution in [2.24, 2.45) is 4.99 Å². The van der Waals surface area contributed by atoms with Gasteiger partial charge in [0.1, 0.15) is 0 Å². The molecule has 0 saturated carbocycles. The van der Waals surface area contributed by atoms with E-state index in [0.717, 1.165) is 50.6 Å². The zero-order valence-electron chi connectivity index (χ0n) is 17.4. The fourth-order valence-corrected chi connectivity index (χ4v) is 3.27. The average Bonchev–Trinajstić information content (AvgIpc) is 2.61. The van der Waals surface area contributed by atoms with Crippen LogP contribution in [0, 0.1) is 20.8 Å². The number of unbranched alkanes of at least 4 members (excludes halogenated alkanes) is 1. The van der Waals surface area contributed by atoms with E-state index in [0.29, 0.717) is 0 Å². The number of aliphatic imine (C=N–C) groups is 1. The van der Waals surface area contributed by atoms with E-state index >= 15 is 0 Å². The molecule has 0 aliphatic carbocycles. The van der Waals surface area contributed by atoms with Gasteiger partial charge in [-0.05, 0) is 51.7 Å². The summed E-state index contributed by atoms with van der Waals surface area (Å²) in [5.41, 5.74) is 5.05. The van der Waals surface area contributed by atoms with Crippen molar-refractivity contribution in [1.29, 1.82) is 0 Å². The number of hydrogen-bond acceptors (Lipinski definition) is 2. The lowest BCUT2D eigenvalue weighted by atomic mass is 10.1. The number of hydrogen-bond donors (Lipinski definition) is 2. The summed E-state index contributed by atoms with van der Waals surface area (Å²) in [4.78, 5) is 16.1. The van der Waals surface area contributed by atoms with Crippen LogP contribution in [0.3, 0.4) is 0 Å². The van der Waals surface area contributed by atoms with E-state index < -0.39 is 0 Å². The van der Waals surface area contributed by atoms with E-state index in [9.17, 15) is 4.79 Å². The van der Waals surface area contributed by atoms with Gasteiger partial charge in [-0.2, -0.15) is 0 Å². The number of halogens is 1. The summed E-state index contributed by atoms with van der Waals surface area (Å²) in [6.07, 6.45) is 2.91. The molecular weight excluding hydrogens is 463 g/mol. The highest BCUT2D eigenvalue weighted by molar-refractivity contribution is 14.0. The molecule has 0 aliphatic rings. The predicted octanol–water partition coefficient (Wildman–Crippen LogP) is 3.58. The van der Waals surface area contributed by atoms with Gasteiger partial charge in [-0.15, -0.1) is 24.0 Å². The Morgan fingerprint density at radius 2 is 1.68 bits per heavy atom. The van der Waals surface area contributed by atoms with Gasteiger partial charge in [-0.1, -0.05) is 35.4 Å². The van der Waals surface area contributed by atoms with Crippen LogP contribution in [0.4, 0.5) is 0 Å². The Hall–Kier alpha value is -1.83. The minimum atomic E-state index is 0. The van der Waals surface area contributed by atoms with Gasteiger partial charge in [0, 0.05) is 38.4 Å². The molecule has 0 amide bonds. The normalized spacial score (nSPS) is 11.1. The van der Waals surface area contributed by atoms with Crippen LogP contribution in [0.2, 0.25) is 0 Å². The molecule has 0 bridgehead atoms. The predicted molar refractivity (Wildman–Crippen MR) is 129 cm³/mol. The zero-order chi connectivity index (χ0) is 19.6. The smallest absolute Gasteiger partial charge is 0.250 e. The van der Waals surface area contributed by atoms with Crippen molar-refractivity contribution in [1.82, 2.24) is 15.2 Å². The molecule has 2 N–H and O–H groups in total. The second-order valence-corrected chi connectivity index (χ2v) is 7.04. The van der Waals surface area contributed by atoms with Crippen molar-refractivity contribution in [3.05, 3.63) is 69.1 Å². The number of aromatic nitrogens is 1. The first kappa shape index (κ1) is 24.2. The molecule has 1 aromatic carbocycles. The molecule has 1 heterocycles. The fraction of sp³-hybridized carbons (Fsp3) is 0.455. The lowest BCUT2D eigenvalue weighted by Crippen LogP contribution is -2.38. The molecule has 0 radical (unpaired) electrons. The fourth-order valence-electron chi connectivity index (χ4n) is 3.27. The van der Waals surface area contributed by atoms with Crippen LogP contribution in [0.1, 0.15) is 35.2 Å². The van der Waals surface area contributed by atoms with E-state index in [1.54, 1.807) is 13.1 Å². The lowest BCUT2D eigenvalue weighted by molar-refractivity contribution is 0.575. The molecule has 154 valence electrons. The summed E-state index contributed by atoms with van der Waals surface area (Å²) >= 11 is 0. The maximum absolute atomic E-state index is 11.9. The first-order valence-electron chi connectivity index (χ1n) is 9.68. The van der Waals surface area contributed by atoms with Crippen LogP contribution < -0.4 is 16.2 Å². The molecule has 5 nitrogen and oxygen atoms in total. The Labute approximate surface area is 185 Å². The van der Waals surface area contributed by atoms with Crippen LogP contribution in [-0.4, -0.2) is 30.7 Å². The van der Waals surface area contributed by atoms with Crippen molar-refractivity contribution in [2.45, 2.75) is 46.6 Å². The van der Waals surface area contributed by atoms with Gasteiger partial charge in [-0.3, -0.25) is 9.79 Å². The Bertz CT molecular complexity index is 809. The molecule has 0 atom stereocenters. The Morgan fingerprint density at radius 3 is 2.32 bits per heavy atom. The number of rotatable bonds is 8. The first-order chi connectivity index (χ1) is 13.0. The Kier molecular flexibility index (Phi) is 10.9. The summed E-state index contributed by atoms with van der Waals surface area (Å²) in [5, 5.41) is 6.71. The number of nitrogens with one attached hydrogen (secondary N) is 2. The van der Waals surface area contributed by atoms with Gasteiger partial charge >= 0.3 is 0 Å². The van der Waals surface area contributed by atoms with Gasteiger partial charge in [0.15, 0.2) is 5.96 Å². The van der Waals surface area contributed by atoms with E-state index in [1.807, 2.05) is 23.6 Å². The highest BCUT2D eigenvalue weighted by atomic mass is 127. The standard InChI is InChI=1S/C22H32N4O.HI/c1-17-14-18(2)16-20(15-17)10-12-25-22(23-4)24-11-5-6-13-26-19(3)8-7-9-21(26)27;/h7-9,14-16H,5-6,10-13H2,1-4H3,(H2,23,24,25);1H. The maximum Gasteiger partial charge on any atom is 0.250 e. The molecule has 2 rings (SSSR count). The van der Waals surface area contributed by atoms with E-state index in [4.69, 9.17) is 0 Å². The third kappa shape index (κ3) is 8.04. The van der Waals surface area contributed by atoms with Gasteiger partial charge in [0.2, 0.25) is 0 Å². The zero-order valence-corrected chi connectivity index (χ0v) is 19.7. The molecule has 0 spiro atoms. The second-order valence-electron chi connectivity index (χ2n) is 7.04. The Morgan fingerprint density at radius 1 is 1.00 bits per heavy atom. The van der Waals surface area contributed by atoms with Crippen molar-refractivity contribution in [2.75, 3.05) is 20.1 Å². The SMILES string of the molecule is CN=C(NCCCCn1c(C)cccc1=O)NCCc1cc(C)cc(C)c1.I. The van der Waals surface area contributed by atoms with E-state index in [2.05, 4.69) is 47.7 Å². The molecule has 0 unspecified atom stereocenters. The second kappa shape index (κ2) is 12.6. The summed E-state index contributed by atoms with van der Waals surface area (Å²) in [5.74, 6) is 0.826. The molecule has 28 heavy (non-hydrogen) atoms. The number of aryl methyl sites for hydroxylation is 3. The van der Waals surface area contributed by atoms with Gasteiger partial charge in [0.25, 0.3) is 5.56 Å². The maximum atomic E-state index is 11.9. The van der Waals surface area contributed by atoms with Crippen LogP contribution >= 0.6 is 24.0 Å². The van der Waals surface area contributed by atoms with Gasteiger partial charge < -0.3 is 15.2 Å². The Balaban J connectivity index is 0.00000392. The van der Waals surface area contributed by atoms with Gasteiger partial charge in [0.05, 0.1) is 0 Å². The van der Waals surface area contributed by atoms with Crippen molar-refractivity contribution in [3.63, 3.8) is 0 Å². The molecule has 0 fully saturated rings. The topological polar surface area (TPSA) is 58.4 Å². The molecule has 1 aromatic heterocycles. The van der Waals surface area contributed by atoms with Gasteiger partial charge in [-0.25, -0.2) is 0 Å². The molecule has 2 aromatic rings. The minimum absolute atomic E-state index is 0. The summed E-state index contributed by atoms with van der Waals surface area (Å²) < 4.78 is 1.83. The van der Waals surface area contributed by atoms with Crippen LogP contribution in [0.25, 0.3) is 0 Å². The summed E-state index contributed by atoms with van der Waals surface area (Å²) in [7, 11) is 1.79. The highest BCUT2D eigenvalue weighted by Crippen LogP contribution is 2.08.